The fourth-order valence-electron chi connectivity index (χ4n) is 3.93. The summed E-state index contributed by atoms with van der Waals surface area (Å²) in [7, 11) is -2.95. The number of amidine groups is 1. The topological polar surface area (TPSA) is 108 Å². The summed E-state index contributed by atoms with van der Waals surface area (Å²) < 4.78 is 23.3. The molecule has 2 fully saturated rings. The van der Waals surface area contributed by atoms with Crippen molar-refractivity contribution in [3.05, 3.63) is 29.8 Å². The molecule has 10 heteroatoms. The van der Waals surface area contributed by atoms with Gasteiger partial charge in [0.25, 0.3) is 0 Å². The molecule has 1 aromatic rings. The molecular formula is C20H26N4O4S2. The molecule has 3 heterocycles. The molecule has 0 saturated carbocycles. The monoisotopic (exact) mass is 450 g/mol. The van der Waals surface area contributed by atoms with Gasteiger partial charge >= 0.3 is 0 Å². The second kappa shape index (κ2) is 8.97. The number of nitrogens with one attached hydrogen (secondary N) is 2. The van der Waals surface area contributed by atoms with E-state index in [1.807, 2.05) is 29.2 Å². The van der Waals surface area contributed by atoms with Gasteiger partial charge in [0.05, 0.1) is 24.0 Å². The van der Waals surface area contributed by atoms with Gasteiger partial charge in [-0.3, -0.25) is 14.6 Å². The average Bonchev–Trinajstić information content (AvgIpc) is 3.33. The first-order valence-corrected chi connectivity index (χ1v) is 12.9. The van der Waals surface area contributed by atoms with Gasteiger partial charge in [0.15, 0.2) is 15.0 Å². The Labute approximate surface area is 180 Å². The third-order valence-corrected chi connectivity index (χ3v) is 8.63. The summed E-state index contributed by atoms with van der Waals surface area (Å²) >= 11 is 1.48. The van der Waals surface area contributed by atoms with Gasteiger partial charge in [-0.1, -0.05) is 23.9 Å². The maximum absolute atomic E-state index is 12.1. The van der Waals surface area contributed by atoms with Crippen LogP contribution in [0.1, 0.15) is 24.8 Å². The van der Waals surface area contributed by atoms with E-state index in [0.717, 1.165) is 35.8 Å². The number of hydrogen-bond acceptors (Lipinski definition) is 7. The Hall–Kier alpha value is -2.07. The van der Waals surface area contributed by atoms with Crippen molar-refractivity contribution in [1.82, 2.24) is 10.2 Å². The summed E-state index contributed by atoms with van der Waals surface area (Å²) in [6.07, 6.45) is 2.65. The van der Waals surface area contributed by atoms with Gasteiger partial charge in [-0.25, -0.2) is 8.42 Å². The molecule has 30 heavy (non-hydrogen) atoms. The lowest BCUT2D eigenvalue weighted by Crippen LogP contribution is -2.31. The highest BCUT2D eigenvalue weighted by Crippen LogP contribution is 2.34. The van der Waals surface area contributed by atoms with E-state index in [0.29, 0.717) is 25.9 Å². The number of likely N-dealkylation sites (tertiary alicyclic amines) is 1. The molecule has 2 N–H and O–H groups in total. The minimum Gasteiger partial charge on any atom is -0.356 e. The molecular weight excluding hydrogens is 424 g/mol. The van der Waals surface area contributed by atoms with E-state index in [9.17, 15) is 18.0 Å². The normalized spacial score (nSPS) is 24.6. The van der Waals surface area contributed by atoms with Crippen molar-refractivity contribution in [2.45, 2.75) is 37.0 Å². The quantitative estimate of drug-likeness (QED) is 0.601. The van der Waals surface area contributed by atoms with E-state index in [1.54, 1.807) is 0 Å². The third kappa shape index (κ3) is 5.34. The van der Waals surface area contributed by atoms with Crippen LogP contribution in [0.3, 0.4) is 0 Å². The van der Waals surface area contributed by atoms with Crippen LogP contribution < -0.4 is 10.6 Å². The van der Waals surface area contributed by atoms with Gasteiger partial charge in [0.1, 0.15) is 0 Å². The van der Waals surface area contributed by atoms with Gasteiger partial charge in [-0.2, -0.15) is 0 Å². The zero-order chi connectivity index (χ0) is 21.1. The number of hydrogen-bond donors (Lipinski definition) is 2. The highest BCUT2D eigenvalue weighted by atomic mass is 32.2. The lowest BCUT2D eigenvalue weighted by atomic mass is 10.1. The van der Waals surface area contributed by atoms with Crippen LogP contribution in [0.15, 0.2) is 29.3 Å². The number of carbonyl (C=O) groups excluding carboxylic acids is 2. The summed E-state index contributed by atoms with van der Waals surface area (Å²) in [5.74, 6) is 0.510. The lowest BCUT2D eigenvalue weighted by Gasteiger charge is -2.15. The minimum absolute atomic E-state index is 0.0176. The fraction of sp³-hybridized carbons (Fsp3) is 0.550. The fourth-order valence-corrected chi connectivity index (χ4v) is 7.61. The van der Waals surface area contributed by atoms with E-state index in [-0.39, 0.29) is 34.6 Å². The molecule has 2 amide bonds. The Morgan fingerprint density at radius 1 is 1.23 bits per heavy atom. The SMILES string of the molecule is O=C(Cc1ccc(NC2=N[C@@H]3CS(=O)(=O)C[C@@H]3S2)cc1)NCCCN1CCCC1=O. The van der Waals surface area contributed by atoms with Crippen LogP contribution in [0, 0.1) is 0 Å². The molecule has 1 aromatic carbocycles. The van der Waals surface area contributed by atoms with Crippen molar-refractivity contribution < 1.29 is 18.0 Å². The predicted molar refractivity (Wildman–Crippen MR) is 118 cm³/mol. The summed E-state index contributed by atoms with van der Waals surface area (Å²) in [5.41, 5.74) is 1.78. The van der Waals surface area contributed by atoms with Crippen molar-refractivity contribution in [1.29, 1.82) is 0 Å². The first-order valence-electron chi connectivity index (χ1n) is 10.2. The zero-order valence-corrected chi connectivity index (χ0v) is 18.3. The predicted octanol–water partition coefficient (Wildman–Crippen LogP) is 1.04. The maximum atomic E-state index is 12.1. The van der Waals surface area contributed by atoms with Gasteiger partial charge in [-0.05, 0) is 30.5 Å². The van der Waals surface area contributed by atoms with Gasteiger partial charge in [0.2, 0.25) is 11.8 Å². The molecule has 3 aliphatic rings. The third-order valence-electron chi connectivity index (χ3n) is 5.49. The maximum Gasteiger partial charge on any atom is 0.224 e. The second-order valence-electron chi connectivity index (χ2n) is 7.92. The Morgan fingerprint density at radius 3 is 2.73 bits per heavy atom. The molecule has 2 atom stereocenters. The molecule has 0 bridgehead atoms. The van der Waals surface area contributed by atoms with Crippen LogP contribution in [0.4, 0.5) is 5.69 Å². The molecule has 0 aliphatic carbocycles. The van der Waals surface area contributed by atoms with Gasteiger partial charge in [0, 0.05) is 37.0 Å². The van der Waals surface area contributed by atoms with Crippen LogP contribution in [-0.4, -0.2) is 72.7 Å². The van der Waals surface area contributed by atoms with Crippen LogP contribution in [0.2, 0.25) is 0 Å². The first kappa shape index (κ1) is 21.2. The van der Waals surface area contributed by atoms with Crippen LogP contribution in [0.5, 0.6) is 0 Å². The van der Waals surface area contributed by atoms with Crippen LogP contribution in [0.25, 0.3) is 0 Å². The van der Waals surface area contributed by atoms with E-state index in [4.69, 9.17) is 0 Å². The number of thioether (sulfide) groups is 1. The Bertz CT molecular complexity index is 946. The molecule has 8 nitrogen and oxygen atoms in total. The standard InChI is InChI=1S/C20H26N4O4S2/c25-18(21-8-2-10-24-9-1-3-19(24)26)11-14-4-6-15(7-5-14)22-20-23-16-12-30(27,28)13-17(16)29-20/h4-7,16-17H,1-3,8-13H2,(H,21,25)(H,22,23)/t16-,17+/m1/s1. The molecule has 0 radical (unpaired) electrons. The Kier molecular flexibility index (Phi) is 6.33. The number of carbonyl (C=O) groups is 2. The summed E-state index contributed by atoms with van der Waals surface area (Å²) in [4.78, 5) is 30.0. The number of fused-ring (bicyclic) bond motifs is 1. The number of rotatable bonds is 7. The molecule has 0 aromatic heterocycles. The summed E-state index contributed by atoms with van der Waals surface area (Å²) in [6, 6.07) is 7.45. The smallest absolute Gasteiger partial charge is 0.224 e. The number of aliphatic imine (C=N–C) groups is 1. The van der Waals surface area contributed by atoms with Crippen molar-refractivity contribution in [2.75, 3.05) is 36.5 Å². The van der Waals surface area contributed by atoms with Crippen LogP contribution >= 0.6 is 11.8 Å². The molecule has 0 unspecified atom stereocenters. The van der Waals surface area contributed by atoms with Crippen molar-refractivity contribution in [3.8, 4) is 0 Å². The van der Waals surface area contributed by atoms with Gasteiger partial charge < -0.3 is 15.5 Å². The van der Waals surface area contributed by atoms with Crippen LogP contribution in [-0.2, 0) is 25.8 Å². The number of nitrogens with zero attached hydrogens (tertiary/aromatic N) is 2. The molecule has 162 valence electrons. The van der Waals surface area contributed by atoms with E-state index >= 15 is 0 Å². The summed E-state index contributed by atoms with van der Waals surface area (Å²) in [5, 5.41) is 6.91. The number of benzene rings is 1. The highest BCUT2D eigenvalue weighted by molar-refractivity contribution is 8.15. The Morgan fingerprint density at radius 2 is 2.03 bits per heavy atom. The number of sulfone groups is 1. The number of amides is 2. The molecule has 4 rings (SSSR count). The van der Waals surface area contributed by atoms with E-state index in [2.05, 4.69) is 15.6 Å². The van der Waals surface area contributed by atoms with Crippen molar-refractivity contribution >= 4 is 44.3 Å². The largest absolute Gasteiger partial charge is 0.356 e. The lowest BCUT2D eigenvalue weighted by molar-refractivity contribution is -0.127. The average molecular weight is 451 g/mol. The minimum atomic E-state index is -2.95. The van der Waals surface area contributed by atoms with Crippen molar-refractivity contribution in [3.63, 3.8) is 0 Å². The number of anilines is 1. The second-order valence-corrected chi connectivity index (χ2v) is 11.3. The van der Waals surface area contributed by atoms with E-state index in [1.165, 1.54) is 11.8 Å². The highest BCUT2D eigenvalue weighted by Gasteiger charge is 2.42. The van der Waals surface area contributed by atoms with Gasteiger partial charge in [-0.15, -0.1) is 0 Å². The van der Waals surface area contributed by atoms with Crippen molar-refractivity contribution in [2.24, 2.45) is 4.99 Å². The summed E-state index contributed by atoms with van der Waals surface area (Å²) in [6.45, 7) is 2.10. The zero-order valence-electron chi connectivity index (χ0n) is 16.7. The Balaban J connectivity index is 1.18. The van der Waals surface area contributed by atoms with E-state index < -0.39 is 9.84 Å². The first-order chi connectivity index (χ1) is 14.4. The molecule has 0 spiro atoms. The molecule has 3 aliphatic heterocycles. The molecule has 2 saturated heterocycles.